The Morgan fingerprint density at radius 3 is 1.79 bits per heavy atom. The third-order valence-corrected chi connectivity index (χ3v) is 8.87. The van der Waals surface area contributed by atoms with Crippen LogP contribution in [0.25, 0.3) is 0 Å². The van der Waals surface area contributed by atoms with Gasteiger partial charge in [0, 0.05) is 10.7 Å². The molecule has 0 N–H and O–H groups in total. The highest BCUT2D eigenvalue weighted by Gasteiger charge is 2.58. The van der Waals surface area contributed by atoms with Gasteiger partial charge in [0.25, 0.3) is 17.7 Å². The molecule has 1 saturated heterocycles. The van der Waals surface area contributed by atoms with Gasteiger partial charge in [0.2, 0.25) is 0 Å². The highest BCUT2D eigenvalue weighted by Crippen LogP contribution is 2.50. The lowest BCUT2D eigenvalue weighted by Crippen LogP contribution is -2.67. The molecule has 2 heterocycles. The van der Waals surface area contributed by atoms with Crippen LogP contribution in [0.4, 0.5) is 5.69 Å². The standard InChI is InChI=1S/C26H17Cl5N2O5/c1-10-4-6-12(9-13(10)27)32-22(11-5-7-14(37-2)15(8-11)38-3)23(26(32)36)33-24(34)16-17(25(33)35)19(29)21(31)20(30)18(16)28/h4-9,22-23H,1-3H3/t22-,23-/m1/s1. The summed E-state index contributed by atoms with van der Waals surface area (Å²) in [7, 11) is 2.97. The zero-order chi connectivity index (χ0) is 27.6. The fourth-order valence-corrected chi connectivity index (χ4v) is 5.92. The number of imide groups is 1. The van der Waals surface area contributed by atoms with Gasteiger partial charge < -0.3 is 14.4 Å². The molecule has 0 aromatic heterocycles. The molecule has 0 radical (unpaired) electrons. The molecular formula is C26H17Cl5N2O5. The van der Waals surface area contributed by atoms with Crippen LogP contribution in [-0.2, 0) is 4.79 Å². The predicted molar refractivity (Wildman–Crippen MR) is 147 cm³/mol. The number of nitrogens with zero attached hydrogens (tertiary/aromatic N) is 2. The summed E-state index contributed by atoms with van der Waals surface area (Å²) in [6.45, 7) is 1.83. The van der Waals surface area contributed by atoms with Crippen LogP contribution in [0.1, 0.15) is 37.9 Å². The van der Waals surface area contributed by atoms with Crippen LogP contribution in [0.3, 0.4) is 0 Å². The maximum Gasteiger partial charge on any atom is 0.264 e. The van der Waals surface area contributed by atoms with Crippen LogP contribution < -0.4 is 14.4 Å². The van der Waals surface area contributed by atoms with Crippen molar-refractivity contribution < 1.29 is 23.9 Å². The van der Waals surface area contributed by atoms with Gasteiger partial charge in [-0.25, -0.2) is 0 Å². The molecule has 3 aromatic rings. The highest BCUT2D eigenvalue weighted by molar-refractivity contribution is 6.55. The number of methoxy groups -OCH3 is 2. The van der Waals surface area contributed by atoms with Gasteiger partial charge in [-0.3, -0.25) is 19.3 Å². The summed E-state index contributed by atoms with van der Waals surface area (Å²) in [6.07, 6.45) is 0. The molecule has 0 bridgehead atoms. The molecule has 1 fully saturated rings. The summed E-state index contributed by atoms with van der Waals surface area (Å²) < 4.78 is 10.8. The van der Waals surface area contributed by atoms with E-state index >= 15 is 0 Å². The van der Waals surface area contributed by atoms with Crippen molar-refractivity contribution in [1.82, 2.24) is 4.90 Å². The van der Waals surface area contributed by atoms with Crippen molar-refractivity contribution in [3.05, 3.63) is 83.8 Å². The van der Waals surface area contributed by atoms with E-state index in [4.69, 9.17) is 67.5 Å². The monoisotopic (exact) mass is 612 g/mol. The third kappa shape index (κ3) is 3.83. The Balaban J connectivity index is 1.66. The van der Waals surface area contributed by atoms with Gasteiger partial charge in [0.05, 0.1) is 51.5 Å². The third-order valence-electron chi connectivity index (χ3n) is 6.66. The number of aryl methyl sites for hydroxylation is 1. The van der Waals surface area contributed by atoms with Crippen LogP contribution in [0.2, 0.25) is 25.1 Å². The number of hydrogen-bond donors (Lipinski definition) is 0. The molecule has 5 rings (SSSR count). The molecule has 3 aromatic carbocycles. The Morgan fingerprint density at radius 2 is 1.26 bits per heavy atom. The topological polar surface area (TPSA) is 76.2 Å². The Morgan fingerprint density at radius 1 is 0.684 bits per heavy atom. The van der Waals surface area contributed by atoms with Gasteiger partial charge in [0.1, 0.15) is 6.04 Å². The minimum atomic E-state index is -1.23. The minimum absolute atomic E-state index is 0.160. The molecular weight excluding hydrogens is 598 g/mol. The average Bonchev–Trinajstić information content (AvgIpc) is 3.16. The Labute approximate surface area is 242 Å². The zero-order valence-electron chi connectivity index (χ0n) is 19.9. The Hall–Kier alpha value is -2.68. The molecule has 2 aliphatic rings. The second kappa shape index (κ2) is 9.81. The van der Waals surface area contributed by atoms with Crippen LogP contribution in [-0.4, -0.2) is 42.9 Å². The smallest absolute Gasteiger partial charge is 0.264 e. The molecule has 38 heavy (non-hydrogen) atoms. The Bertz CT molecular complexity index is 1510. The predicted octanol–water partition coefficient (Wildman–Crippen LogP) is 7.03. The van der Waals surface area contributed by atoms with Crippen LogP contribution in [0, 0.1) is 6.92 Å². The van der Waals surface area contributed by atoms with Gasteiger partial charge in [-0.2, -0.15) is 0 Å². The lowest BCUT2D eigenvalue weighted by atomic mass is 9.86. The van der Waals surface area contributed by atoms with Crippen molar-refractivity contribution in [3.8, 4) is 11.5 Å². The SMILES string of the molecule is COc1ccc([C@@H]2[C@@H](N3C(=O)c4c(Cl)c(Cl)c(Cl)c(Cl)c4C3=O)C(=O)N2c2ccc(C)c(Cl)c2)cc1OC. The number of rotatable bonds is 5. The van der Waals surface area contributed by atoms with E-state index in [1.165, 1.54) is 19.1 Å². The average molecular weight is 615 g/mol. The number of hydrogen-bond acceptors (Lipinski definition) is 5. The fraction of sp³-hybridized carbons (Fsp3) is 0.192. The first-order valence-electron chi connectivity index (χ1n) is 11.1. The van der Waals surface area contributed by atoms with Crippen molar-refractivity contribution in [3.63, 3.8) is 0 Å². The van der Waals surface area contributed by atoms with Crippen LogP contribution in [0.5, 0.6) is 11.5 Å². The van der Waals surface area contributed by atoms with E-state index < -0.39 is 29.8 Å². The first-order valence-corrected chi connectivity index (χ1v) is 13.0. The second-order valence-electron chi connectivity index (χ2n) is 8.63. The van der Waals surface area contributed by atoms with Gasteiger partial charge in [-0.1, -0.05) is 70.1 Å². The molecule has 0 spiro atoms. The quantitative estimate of drug-likeness (QED) is 0.134. The van der Waals surface area contributed by atoms with E-state index in [9.17, 15) is 14.4 Å². The summed E-state index contributed by atoms with van der Waals surface area (Å²) >= 11 is 31.3. The van der Waals surface area contributed by atoms with Gasteiger partial charge >= 0.3 is 0 Å². The molecule has 2 aliphatic heterocycles. The molecule has 12 heteroatoms. The lowest BCUT2D eigenvalue weighted by Gasteiger charge is -2.49. The second-order valence-corrected chi connectivity index (χ2v) is 10.6. The summed E-state index contributed by atoms with van der Waals surface area (Å²) in [6, 6.07) is 8.20. The number of amides is 3. The minimum Gasteiger partial charge on any atom is -0.493 e. The first-order chi connectivity index (χ1) is 18.0. The van der Waals surface area contributed by atoms with Gasteiger partial charge in [-0.05, 0) is 42.3 Å². The number of halogens is 5. The molecule has 0 saturated carbocycles. The van der Waals surface area contributed by atoms with Crippen molar-refractivity contribution in [2.75, 3.05) is 19.1 Å². The highest BCUT2D eigenvalue weighted by atomic mass is 35.5. The van der Waals surface area contributed by atoms with Crippen molar-refractivity contribution in [1.29, 1.82) is 0 Å². The van der Waals surface area contributed by atoms with E-state index in [1.807, 2.05) is 6.92 Å². The number of β-lactam (4-membered cyclic amide) rings is 1. The zero-order valence-corrected chi connectivity index (χ0v) is 23.7. The van der Waals surface area contributed by atoms with E-state index in [0.29, 0.717) is 27.8 Å². The largest absolute Gasteiger partial charge is 0.493 e. The summed E-state index contributed by atoms with van der Waals surface area (Å²) in [5, 5.41) is -0.296. The number of ether oxygens (including phenoxy) is 2. The molecule has 2 atom stereocenters. The normalized spacial score (nSPS) is 18.6. The number of fused-ring (bicyclic) bond motifs is 1. The molecule has 3 amide bonds. The van der Waals surface area contributed by atoms with Crippen molar-refractivity contribution >= 4 is 81.4 Å². The number of benzene rings is 3. The number of anilines is 1. The van der Waals surface area contributed by atoms with Crippen LogP contribution >= 0.6 is 58.0 Å². The van der Waals surface area contributed by atoms with E-state index in [0.717, 1.165) is 10.5 Å². The fourth-order valence-electron chi connectivity index (χ4n) is 4.73. The van der Waals surface area contributed by atoms with Gasteiger partial charge in [-0.15, -0.1) is 0 Å². The van der Waals surface area contributed by atoms with Crippen molar-refractivity contribution in [2.24, 2.45) is 0 Å². The Kier molecular flexibility index (Phi) is 6.95. The van der Waals surface area contributed by atoms with Crippen LogP contribution in [0.15, 0.2) is 36.4 Å². The van der Waals surface area contributed by atoms with E-state index in [-0.39, 0.29) is 31.2 Å². The summed E-state index contributed by atoms with van der Waals surface area (Å²) in [4.78, 5) is 43.2. The molecule has 196 valence electrons. The lowest BCUT2D eigenvalue weighted by molar-refractivity contribution is -0.130. The first kappa shape index (κ1) is 26.9. The summed E-state index contributed by atoms with van der Waals surface area (Å²) in [5.74, 6) is -1.26. The molecule has 0 unspecified atom stereocenters. The maximum atomic E-state index is 13.7. The van der Waals surface area contributed by atoms with E-state index in [2.05, 4.69) is 0 Å². The summed E-state index contributed by atoms with van der Waals surface area (Å²) in [5.41, 5.74) is 1.48. The maximum absolute atomic E-state index is 13.7. The van der Waals surface area contributed by atoms with Gasteiger partial charge in [0.15, 0.2) is 11.5 Å². The van der Waals surface area contributed by atoms with E-state index in [1.54, 1.807) is 36.4 Å². The number of carbonyl (C=O) groups is 3. The number of carbonyl (C=O) groups excluding carboxylic acids is 3. The molecule has 7 nitrogen and oxygen atoms in total. The molecule has 0 aliphatic carbocycles. The van der Waals surface area contributed by atoms with Crippen molar-refractivity contribution in [2.45, 2.75) is 19.0 Å².